The molecule has 0 radical (unpaired) electrons. The number of nitrogens with one attached hydrogen (secondary N) is 1. The Kier molecular flexibility index (Phi) is 4.93. The number of carboxylic acids is 1. The third-order valence-electron chi connectivity index (χ3n) is 3.63. The molecule has 1 aliphatic carbocycles. The van der Waals surface area contributed by atoms with Gasteiger partial charge in [0, 0.05) is 5.25 Å². The summed E-state index contributed by atoms with van der Waals surface area (Å²) in [7, 11) is 0. The molecule has 19 heavy (non-hydrogen) atoms. The van der Waals surface area contributed by atoms with Gasteiger partial charge < -0.3 is 14.8 Å². The van der Waals surface area contributed by atoms with Crippen molar-refractivity contribution in [3.05, 3.63) is 24.2 Å². The van der Waals surface area contributed by atoms with Crippen LogP contribution in [0.3, 0.4) is 0 Å². The van der Waals surface area contributed by atoms with Gasteiger partial charge in [0.2, 0.25) is 0 Å². The van der Waals surface area contributed by atoms with E-state index in [9.17, 15) is 9.90 Å². The summed E-state index contributed by atoms with van der Waals surface area (Å²) in [6.45, 7) is 2.82. The number of thioether (sulfide) groups is 1. The minimum atomic E-state index is -0.711. The van der Waals surface area contributed by atoms with Gasteiger partial charge in [-0.1, -0.05) is 6.92 Å². The molecule has 106 valence electrons. The molecule has 2 atom stereocenters. The smallest absolute Gasteiger partial charge is 0.323 e. The molecule has 1 aliphatic rings. The van der Waals surface area contributed by atoms with Crippen molar-refractivity contribution in [1.82, 2.24) is 5.32 Å². The van der Waals surface area contributed by atoms with E-state index in [1.807, 2.05) is 12.1 Å². The first-order chi connectivity index (χ1) is 9.16. The first kappa shape index (κ1) is 14.5. The lowest BCUT2D eigenvalue weighted by atomic mass is 9.98. The summed E-state index contributed by atoms with van der Waals surface area (Å²) < 4.78 is 5.30. The molecule has 1 aromatic rings. The number of carbonyl (C=O) groups is 1. The summed E-state index contributed by atoms with van der Waals surface area (Å²) in [6, 6.07) is 3.84. The molecule has 2 N–H and O–H groups in total. The molecule has 1 fully saturated rings. The molecule has 1 saturated carbocycles. The quantitative estimate of drug-likeness (QED) is 0.805. The molecule has 0 bridgehead atoms. The summed E-state index contributed by atoms with van der Waals surface area (Å²) >= 11 is 1.80. The van der Waals surface area contributed by atoms with Gasteiger partial charge in [0.05, 0.1) is 12.0 Å². The molecular formula is C14H21NO3S. The van der Waals surface area contributed by atoms with Crippen LogP contribution >= 0.6 is 11.8 Å². The van der Waals surface area contributed by atoms with Crippen molar-refractivity contribution in [3.63, 3.8) is 0 Å². The molecule has 0 aromatic carbocycles. The summed E-state index contributed by atoms with van der Waals surface area (Å²) in [4.78, 5) is 11.5. The van der Waals surface area contributed by atoms with Gasteiger partial charge in [-0.25, -0.2) is 0 Å². The van der Waals surface area contributed by atoms with Crippen LogP contribution in [0.25, 0.3) is 0 Å². The fourth-order valence-corrected chi connectivity index (χ4v) is 3.78. The Morgan fingerprint density at radius 2 is 2.53 bits per heavy atom. The zero-order valence-corrected chi connectivity index (χ0v) is 12.0. The SMILES string of the molecule is CCCNC1(C(=O)O)CCC(SCc2ccco2)C1. The number of furan rings is 1. The Morgan fingerprint density at radius 1 is 1.68 bits per heavy atom. The second-order valence-electron chi connectivity index (χ2n) is 5.07. The molecule has 2 rings (SSSR count). The maximum absolute atomic E-state index is 11.5. The lowest BCUT2D eigenvalue weighted by Gasteiger charge is -2.25. The zero-order chi connectivity index (χ0) is 13.7. The zero-order valence-electron chi connectivity index (χ0n) is 11.2. The van der Waals surface area contributed by atoms with Gasteiger partial charge in [-0.05, 0) is 44.4 Å². The highest BCUT2D eigenvalue weighted by Gasteiger charge is 2.45. The van der Waals surface area contributed by atoms with Crippen LogP contribution in [0, 0.1) is 0 Å². The van der Waals surface area contributed by atoms with Crippen molar-refractivity contribution in [3.8, 4) is 0 Å². The maximum atomic E-state index is 11.5. The molecule has 0 amide bonds. The van der Waals surface area contributed by atoms with E-state index in [1.165, 1.54) is 0 Å². The van der Waals surface area contributed by atoms with E-state index in [4.69, 9.17) is 4.42 Å². The number of aliphatic carboxylic acids is 1. The predicted molar refractivity (Wildman–Crippen MR) is 76.3 cm³/mol. The normalized spacial score (nSPS) is 26.7. The Bertz CT molecular complexity index is 407. The van der Waals surface area contributed by atoms with Gasteiger partial charge in [0.25, 0.3) is 0 Å². The topological polar surface area (TPSA) is 62.5 Å². The highest BCUT2D eigenvalue weighted by Crippen LogP contribution is 2.38. The monoisotopic (exact) mass is 283 g/mol. The minimum absolute atomic E-state index is 0.394. The van der Waals surface area contributed by atoms with Crippen LogP contribution in [0.2, 0.25) is 0 Å². The second kappa shape index (κ2) is 6.48. The fraction of sp³-hybridized carbons (Fsp3) is 0.643. The molecule has 4 nitrogen and oxygen atoms in total. The third-order valence-corrected chi connectivity index (χ3v) is 4.96. The van der Waals surface area contributed by atoms with Crippen LogP contribution in [-0.2, 0) is 10.5 Å². The largest absolute Gasteiger partial charge is 0.480 e. The van der Waals surface area contributed by atoms with Gasteiger partial charge in [-0.15, -0.1) is 0 Å². The van der Waals surface area contributed by atoms with Crippen molar-refractivity contribution in [2.75, 3.05) is 6.54 Å². The van der Waals surface area contributed by atoms with Crippen molar-refractivity contribution in [2.24, 2.45) is 0 Å². The molecule has 0 aliphatic heterocycles. The Morgan fingerprint density at radius 3 is 3.16 bits per heavy atom. The van der Waals surface area contributed by atoms with Crippen LogP contribution in [0.5, 0.6) is 0 Å². The van der Waals surface area contributed by atoms with Crippen LogP contribution in [0.15, 0.2) is 22.8 Å². The highest BCUT2D eigenvalue weighted by atomic mass is 32.2. The van der Waals surface area contributed by atoms with Gasteiger partial charge in [0.1, 0.15) is 11.3 Å². The van der Waals surface area contributed by atoms with Gasteiger partial charge in [-0.2, -0.15) is 11.8 Å². The first-order valence-electron chi connectivity index (χ1n) is 6.79. The Labute approximate surface area is 117 Å². The van der Waals surface area contributed by atoms with E-state index in [2.05, 4.69) is 12.2 Å². The third kappa shape index (κ3) is 3.54. The number of hydrogen-bond donors (Lipinski definition) is 2. The molecule has 0 saturated heterocycles. The predicted octanol–water partition coefficient (Wildman–Crippen LogP) is 2.89. The van der Waals surface area contributed by atoms with Gasteiger partial charge in [-0.3, -0.25) is 4.79 Å². The van der Waals surface area contributed by atoms with Crippen molar-refractivity contribution in [2.45, 2.75) is 49.1 Å². The first-order valence-corrected chi connectivity index (χ1v) is 7.83. The van der Waals surface area contributed by atoms with Gasteiger partial charge >= 0.3 is 5.97 Å². The molecule has 2 unspecified atom stereocenters. The standard InChI is InChI=1S/C14H21NO3S/c1-2-7-15-14(13(16)17)6-5-12(9-14)19-10-11-4-3-8-18-11/h3-4,8,12,15H,2,5-7,9-10H2,1H3,(H,16,17). The van der Waals surface area contributed by atoms with E-state index in [0.717, 1.165) is 37.3 Å². The number of rotatable bonds is 7. The number of carboxylic acid groups (broad SMARTS) is 1. The molecule has 0 spiro atoms. The Balaban J connectivity index is 1.87. The Hall–Kier alpha value is -0.940. The van der Waals surface area contributed by atoms with Crippen molar-refractivity contribution >= 4 is 17.7 Å². The molecule has 1 aromatic heterocycles. The summed E-state index contributed by atoms with van der Waals surface area (Å²) in [6.07, 6.45) is 5.01. The molecule has 1 heterocycles. The lowest BCUT2D eigenvalue weighted by Crippen LogP contribution is -2.50. The van der Waals surface area contributed by atoms with Crippen LogP contribution in [0.4, 0.5) is 0 Å². The van der Waals surface area contributed by atoms with Gasteiger partial charge in [0.15, 0.2) is 0 Å². The second-order valence-corrected chi connectivity index (χ2v) is 6.36. The average molecular weight is 283 g/mol. The van der Waals surface area contributed by atoms with E-state index in [1.54, 1.807) is 18.0 Å². The van der Waals surface area contributed by atoms with Crippen LogP contribution < -0.4 is 5.32 Å². The van der Waals surface area contributed by atoms with Crippen molar-refractivity contribution in [1.29, 1.82) is 0 Å². The van der Waals surface area contributed by atoms with E-state index in [-0.39, 0.29) is 0 Å². The fourth-order valence-electron chi connectivity index (χ4n) is 2.53. The van der Waals surface area contributed by atoms with E-state index >= 15 is 0 Å². The summed E-state index contributed by atoms with van der Waals surface area (Å²) in [5.41, 5.74) is -0.711. The van der Waals surface area contributed by atoms with Crippen molar-refractivity contribution < 1.29 is 14.3 Å². The summed E-state index contributed by atoms with van der Waals surface area (Å²) in [5.74, 6) is 1.07. The van der Waals surface area contributed by atoms with Crippen LogP contribution in [-0.4, -0.2) is 28.4 Å². The van der Waals surface area contributed by atoms with Crippen LogP contribution in [0.1, 0.15) is 38.4 Å². The highest BCUT2D eigenvalue weighted by molar-refractivity contribution is 7.99. The average Bonchev–Trinajstić information content (AvgIpc) is 3.04. The summed E-state index contributed by atoms with van der Waals surface area (Å²) in [5, 5.41) is 13.1. The minimum Gasteiger partial charge on any atom is -0.480 e. The van der Waals surface area contributed by atoms with E-state index in [0.29, 0.717) is 11.7 Å². The lowest BCUT2D eigenvalue weighted by molar-refractivity contribution is -0.144. The molecule has 5 heteroatoms. The maximum Gasteiger partial charge on any atom is 0.323 e. The number of hydrogen-bond acceptors (Lipinski definition) is 4. The van der Waals surface area contributed by atoms with E-state index < -0.39 is 11.5 Å². The molecular weight excluding hydrogens is 262 g/mol.